The second kappa shape index (κ2) is 9.12. The van der Waals surface area contributed by atoms with Crippen LogP contribution in [0.3, 0.4) is 0 Å². The number of carbonyl (C=O) groups excluding carboxylic acids is 1. The highest BCUT2D eigenvalue weighted by Gasteiger charge is 2.10. The molecule has 0 amide bonds. The van der Waals surface area contributed by atoms with Crippen molar-refractivity contribution < 1.29 is 14.4 Å². The molecule has 3 aromatic carbocycles. The Morgan fingerprint density at radius 3 is 2.41 bits per heavy atom. The lowest BCUT2D eigenvalue weighted by atomic mass is 10.1. The predicted octanol–water partition coefficient (Wildman–Crippen LogP) is 4.29. The molecular formula is C22H20ClN3O3. The third kappa shape index (κ3) is 5.27. The number of nitrogens with two attached hydrogens (primary N) is 2. The first-order chi connectivity index (χ1) is 13.9. The number of oxime groups is 1. The minimum absolute atomic E-state index is 0.0798. The van der Waals surface area contributed by atoms with E-state index < -0.39 is 5.97 Å². The lowest BCUT2D eigenvalue weighted by Crippen LogP contribution is -2.17. The molecule has 4 N–H and O–H groups in total. The second-order valence-electron chi connectivity index (χ2n) is 6.31. The van der Waals surface area contributed by atoms with Gasteiger partial charge < -0.3 is 21.0 Å². The number of ether oxygens (including phenoxy) is 1. The molecule has 0 aliphatic rings. The lowest BCUT2D eigenvalue weighted by molar-refractivity contribution is 0.0516. The van der Waals surface area contributed by atoms with Crippen LogP contribution in [0.2, 0.25) is 5.02 Å². The molecule has 3 aromatic rings. The zero-order valence-electron chi connectivity index (χ0n) is 15.8. The molecule has 0 aliphatic heterocycles. The summed E-state index contributed by atoms with van der Waals surface area (Å²) in [5.74, 6) is 0.176. The molecule has 0 unspecified atom stereocenters. The van der Waals surface area contributed by atoms with E-state index in [1.54, 1.807) is 66.7 Å². The second-order valence-corrected chi connectivity index (χ2v) is 6.75. The number of anilines is 1. The SMILES string of the molecule is Cc1c(N)cccc1/C(N)=N/OC(=O)c1ccc(COc2ccc(Cl)cc2)cc1. The van der Waals surface area contributed by atoms with Gasteiger partial charge in [0.15, 0.2) is 5.84 Å². The van der Waals surface area contributed by atoms with Crippen molar-refractivity contribution in [1.82, 2.24) is 0 Å². The summed E-state index contributed by atoms with van der Waals surface area (Å²) in [4.78, 5) is 17.2. The molecule has 0 aromatic heterocycles. The summed E-state index contributed by atoms with van der Waals surface area (Å²) in [5, 5.41) is 4.38. The van der Waals surface area contributed by atoms with E-state index >= 15 is 0 Å². The van der Waals surface area contributed by atoms with Crippen LogP contribution < -0.4 is 16.2 Å². The van der Waals surface area contributed by atoms with E-state index in [2.05, 4.69) is 5.16 Å². The first kappa shape index (κ1) is 20.2. The molecule has 0 spiro atoms. The third-order valence-electron chi connectivity index (χ3n) is 4.29. The van der Waals surface area contributed by atoms with Crippen LogP contribution in [0.1, 0.15) is 27.0 Å². The Morgan fingerprint density at radius 2 is 1.72 bits per heavy atom. The maximum Gasteiger partial charge on any atom is 0.365 e. The van der Waals surface area contributed by atoms with Crippen LogP contribution in [0, 0.1) is 6.92 Å². The highest BCUT2D eigenvalue weighted by atomic mass is 35.5. The van der Waals surface area contributed by atoms with Gasteiger partial charge in [0.1, 0.15) is 12.4 Å². The van der Waals surface area contributed by atoms with Crippen LogP contribution in [-0.2, 0) is 11.4 Å². The van der Waals surface area contributed by atoms with E-state index in [0.29, 0.717) is 34.2 Å². The number of halogens is 1. The minimum Gasteiger partial charge on any atom is -0.489 e. The first-order valence-electron chi connectivity index (χ1n) is 8.81. The highest BCUT2D eigenvalue weighted by molar-refractivity contribution is 6.30. The number of hydrogen-bond acceptors (Lipinski definition) is 5. The lowest BCUT2D eigenvalue weighted by Gasteiger charge is -2.08. The van der Waals surface area contributed by atoms with Crippen LogP contribution in [0.25, 0.3) is 0 Å². The largest absolute Gasteiger partial charge is 0.489 e. The summed E-state index contributed by atoms with van der Waals surface area (Å²) in [6, 6.07) is 19.2. The van der Waals surface area contributed by atoms with Crippen LogP contribution in [-0.4, -0.2) is 11.8 Å². The Morgan fingerprint density at radius 1 is 1.03 bits per heavy atom. The van der Waals surface area contributed by atoms with Gasteiger partial charge in [-0.3, -0.25) is 0 Å². The molecule has 0 saturated heterocycles. The van der Waals surface area contributed by atoms with E-state index in [9.17, 15) is 4.79 Å². The molecule has 0 aliphatic carbocycles. The van der Waals surface area contributed by atoms with Crippen molar-refractivity contribution in [2.24, 2.45) is 10.9 Å². The number of carbonyl (C=O) groups is 1. The Kier molecular flexibility index (Phi) is 6.36. The van der Waals surface area contributed by atoms with E-state index in [4.69, 9.17) is 32.6 Å². The summed E-state index contributed by atoms with van der Waals surface area (Å²) in [6.45, 7) is 2.18. The fourth-order valence-corrected chi connectivity index (χ4v) is 2.68. The van der Waals surface area contributed by atoms with E-state index in [0.717, 1.165) is 11.1 Å². The average molecular weight is 410 g/mol. The Hall–Kier alpha value is -3.51. The average Bonchev–Trinajstić information content (AvgIpc) is 2.73. The summed E-state index contributed by atoms with van der Waals surface area (Å²) in [5.41, 5.74) is 15.0. The van der Waals surface area contributed by atoms with E-state index in [1.807, 2.05) is 6.92 Å². The van der Waals surface area contributed by atoms with Crippen LogP contribution >= 0.6 is 11.6 Å². The Bertz CT molecular complexity index is 1030. The zero-order chi connectivity index (χ0) is 20.8. The van der Waals surface area contributed by atoms with Crippen molar-refractivity contribution in [2.45, 2.75) is 13.5 Å². The van der Waals surface area contributed by atoms with Crippen LogP contribution in [0.5, 0.6) is 5.75 Å². The normalized spacial score (nSPS) is 11.2. The molecule has 7 heteroatoms. The van der Waals surface area contributed by atoms with Gasteiger partial charge in [-0.05, 0) is 60.5 Å². The number of amidine groups is 1. The topological polar surface area (TPSA) is 99.9 Å². The third-order valence-corrected chi connectivity index (χ3v) is 4.54. The number of nitrogens with zero attached hydrogens (tertiary/aromatic N) is 1. The molecule has 0 atom stereocenters. The number of benzene rings is 3. The molecule has 0 heterocycles. The van der Waals surface area contributed by atoms with Crippen molar-refractivity contribution >= 4 is 29.1 Å². The van der Waals surface area contributed by atoms with Gasteiger partial charge in [0.05, 0.1) is 5.56 Å². The standard InChI is InChI=1S/C22H20ClN3O3/c1-14-19(3-2-4-20(14)24)21(25)26-29-22(27)16-7-5-15(6-8-16)13-28-18-11-9-17(23)10-12-18/h2-12H,13,24H2,1H3,(H2,25,26). The van der Waals surface area contributed by atoms with Crippen molar-refractivity contribution in [3.8, 4) is 5.75 Å². The molecule has 0 saturated carbocycles. The summed E-state index contributed by atoms with van der Waals surface area (Å²) >= 11 is 5.85. The molecule has 0 radical (unpaired) electrons. The number of rotatable bonds is 6. The summed E-state index contributed by atoms with van der Waals surface area (Å²) < 4.78 is 5.67. The summed E-state index contributed by atoms with van der Waals surface area (Å²) in [6.07, 6.45) is 0. The molecule has 29 heavy (non-hydrogen) atoms. The molecule has 0 bridgehead atoms. The van der Waals surface area contributed by atoms with E-state index in [-0.39, 0.29) is 5.84 Å². The number of hydrogen-bond donors (Lipinski definition) is 2. The van der Waals surface area contributed by atoms with Crippen molar-refractivity contribution in [1.29, 1.82) is 0 Å². The van der Waals surface area contributed by atoms with Gasteiger partial charge >= 0.3 is 5.97 Å². The number of nitrogen functional groups attached to an aromatic ring is 1. The molecule has 3 rings (SSSR count). The predicted molar refractivity (Wildman–Crippen MR) is 114 cm³/mol. The van der Waals surface area contributed by atoms with Crippen molar-refractivity contribution in [2.75, 3.05) is 5.73 Å². The van der Waals surface area contributed by atoms with Gasteiger partial charge in [-0.15, -0.1) is 0 Å². The zero-order valence-corrected chi connectivity index (χ0v) is 16.5. The van der Waals surface area contributed by atoms with Gasteiger partial charge in [0, 0.05) is 16.3 Å². The first-order valence-corrected chi connectivity index (χ1v) is 9.19. The van der Waals surface area contributed by atoms with Gasteiger partial charge in [-0.2, -0.15) is 0 Å². The van der Waals surface area contributed by atoms with Crippen molar-refractivity contribution in [3.05, 3.63) is 94.0 Å². The Balaban J connectivity index is 1.59. The maximum absolute atomic E-state index is 12.2. The fourth-order valence-electron chi connectivity index (χ4n) is 2.56. The van der Waals surface area contributed by atoms with Crippen LogP contribution in [0.4, 0.5) is 5.69 Å². The van der Waals surface area contributed by atoms with Gasteiger partial charge in [-0.25, -0.2) is 4.79 Å². The van der Waals surface area contributed by atoms with Gasteiger partial charge in [0.25, 0.3) is 0 Å². The molecule has 148 valence electrons. The van der Waals surface area contributed by atoms with Crippen molar-refractivity contribution in [3.63, 3.8) is 0 Å². The molecule has 6 nitrogen and oxygen atoms in total. The fraction of sp³-hybridized carbons (Fsp3) is 0.0909. The summed E-state index contributed by atoms with van der Waals surface area (Å²) in [7, 11) is 0. The van der Waals surface area contributed by atoms with Gasteiger partial charge in [0.2, 0.25) is 0 Å². The van der Waals surface area contributed by atoms with Crippen LogP contribution in [0.15, 0.2) is 71.9 Å². The van der Waals surface area contributed by atoms with E-state index in [1.165, 1.54) is 0 Å². The van der Waals surface area contributed by atoms with Gasteiger partial charge in [-0.1, -0.05) is 41.0 Å². The molecule has 0 fully saturated rings. The quantitative estimate of drug-likeness (QED) is 0.208. The monoisotopic (exact) mass is 409 g/mol. The maximum atomic E-state index is 12.2. The Labute approximate surface area is 173 Å². The smallest absolute Gasteiger partial charge is 0.365 e. The minimum atomic E-state index is -0.611. The highest BCUT2D eigenvalue weighted by Crippen LogP contribution is 2.18. The molecular weight excluding hydrogens is 390 g/mol.